The largest absolute Gasteiger partial charge is 0.368 e. The topological polar surface area (TPSA) is 196 Å². The average molecular weight is 663 g/mol. The van der Waals surface area contributed by atoms with Crippen LogP contribution in [0.25, 0.3) is 10.8 Å². The zero-order chi connectivity index (χ0) is 31.9. The maximum absolute atomic E-state index is 13.8. The zero-order valence-electron chi connectivity index (χ0n) is 23.7. The van der Waals surface area contributed by atoms with Gasteiger partial charge in [0.25, 0.3) is 0 Å². The molecule has 0 bridgehead atoms. The summed E-state index contributed by atoms with van der Waals surface area (Å²) in [5.41, 5.74) is 5.81. The number of nitrogens with one attached hydrogen (secondary N) is 2. The van der Waals surface area contributed by atoms with Gasteiger partial charge in [-0.1, -0.05) is 60.7 Å². The number of likely N-dealkylation sites (tertiary alicyclic amines) is 1. The van der Waals surface area contributed by atoms with E-state index < -0.39 is 59.0 Å². The quantitative estimate of drug-likeness (QED) is 0.170. The molecule has 236 valence electrons. The van der Waals surface area contributed by atoms with Crippen LogP contribution in [0.3, 0.4) is 0 Å². The molecule has 1 fully saturated rings. The fourth-order valence-electron chi connectivity index (χ4n) is 5.06. The summed E-state index contributed by atoms with van der Waals surface area (Å²) < 4.78 is 40.0. The number of primary amides is 1. The van der Waals surface area contributed by atoms with Gasteiger partial charge in [-0.3, -0.25) is 18.9 Å². The molecule has 1 saturated heterocycles. The first-order chi connectivity index (χ1) is 20.8. The number of sulfonamides is 1. The number of piperidine rings is 1. The van der Waals surface area contributed by atoms with Crippen LogP contribution in [0.2, 0.25) is 0 Å². The van der Waals surface area contributed by atoms with Crippen molar-refractivity contribution in [3.63, 3.8) is 0 Å². The third kappa shape index (κ3) is 9.13. The molecule has 15 heteroatoms. The number of hydrogen-bond donors (Lipinski definition) is 5. The van der Waals surface area contributed by atoms with Gasteiger partial charge in [0, 0.05) is 18.7 Å². The Bertz CT molecular complexity index is 1650. The van der Waals surface area contributed by atoms with Crippen LogP contribution >= 0.6 is 19.4 Å². The number of carbonyl (C=O) groups excluding carboxylic acids is 3. The van der Waals surface area contributed by atoms with Crippen molar-refractivity contribution in [3.8, 4) is 0 Å². The zero-order valence-corrected chi connectivity index (χ0v) is 26.3. The van der Waals surface area contributed by atoms with Gasteiger partial charge in [0.2, 0.25) is 27.7 Å². The van der Waals surface area contributed by atoms with Gasteiger partial charge in [0.1, 0.15) is 18.1 Å². The lowest BCUT2D eigenvalue weighted by Gasteiger charge is -2.37. The Balaban J connectivity index is 1.53. The van der Waals surface area contributed by atoms with Crippen LogP contribution in [-0.2, 0) is 35.4 Å². The number of amides is 3. The minimum absolute atomic E-state index is 0.0938. The molecule has 44 heavy (non-hydrogen) atoms. The van der Waals surface area contributed by atoms with Crippen LogP contribution < -0.4 is 15.8 Å². The van der Waals surface area contributed by atoms with E-state index in [0.29, 0.717) is 12.8 Å². The van der Waals surface area contributed by atoms with Gasteiger partial charge in [-0.15, -0.1) is 11.8 Å². The van der Waals surface area contributed by atoms with Gasteiger partial charge < -0.3 is 25.7 Å². The number of carbonyl (C=O) groups is 3. The molecule has 12 nitrogen and oxygen atoms in total. The summed E-state index contributed by atoms with van der Waals surface area (Å²) in [5, 5.41) is 4.67. The molecule has 0 saturated carbocycles. The molecule has 0 radical (unpaired) electrons. The third-order valence-corrected chi connectivity index (χ3v) is 11.3. The minimum Gasteiger partial charge on any atom is -0.368 e. The fraction of sp³-hybridized carbons (Fsp3) is 0.345. The van der Waals surface area contributed by atoms with Gasteiger partial charge >= 0.3 is 7.60 Å². The van der Waals surface area contributed by atoms with Crippen molar-refractivity contribution in [1.82, 2.24) is 14.9 Å². The Labute approximate surface area is 260 Å². The first-order valence-electron chi connectivity index (χ1n) is 13.9. The lowest BCUT2D eigenvalue weighted by atomic mass is 9.98. The van der Waals surface area contributed by atoms with Gasteiger partial charge in [0.15, 0.2) is 0 Å². The van der Waals surface area contributed by atoms with Crippen LogP contribution in [-0.4, -0.2) is 76.7 Å². The second kappa shape index (κ2) is 14.7. The van der Waals surface area contributed by atoms with Crippen molar-refractivity contribution in [1.29, 1.82) is 0 Å². The Morgan fingerprint density at radius 1 is 0.977 bits per heavy atom. The second-order valence-electron chi connectivity index (χ2n) is 10.5. The van der Waals surface area contributed by atoms with Crippen molar-refractivity contribution < 1.29 is 37.2 Å². The molecule has 6 N–H and O–H groups in total. The van der Waals surface area contributed by atoms with Crippen molar-refractivity contribution in [2.45, 2.75) is 48.7 Å². The van der Waals surface area contributed by atoms with Gasteiger partial charge in [-0.25, -0.2) is 8.42 Å². The highest BCUT2D eigenvalue weighted by atomic mass is 32.2. The van der Waals surface area contributed by atoms with Crippen LogP contribution in [0.15, 0.2) is 77.7 Å². The molecule has 1 aliphatic heterocycles. The summed E-state index contributed by atoms with van der Waals surface area (Å²) in [6, 6.07) is 17.2. The predicted octanol–water partition coefficient (Wildman–Crippen LogP) is 1.95. The highest BCUT2D eigenvalue weighted by Crippen LogP contribution is 2.39. The maximum atomic E-state index is 13.8. The van der Waals surface area contributed by atoms with E-state index >= 15 is 0 Å². The average Bonchev–Trinajstić information content (AvgIpc) is 2.99. The molecule has 0 aromatic heterocycles. The Kier molecular flexibility index (Phi) is 11.2. The molecule has 3 amide bonds. The van der Waals surface area contributed by atoms with E-state index in [2.05, 4.69) is 10.0 Å². The minimum atomic E-state index is -4.44. The lowest BCUT2D eigenvalue weighted by Crippen LogP contribution is -2.60. The highest BCUT2D eigenvalue weighted by molar-refractivity contribution is 8.04. The molecule has 0 unspecified atom stereocenters. The van der Waals surface area contributed by atoms with E-state index in [1.54, 1.807) is 6.07 Å². The van der Waals surface area contributed by atoms with E-state index in [1.807, 2.05) is 42.5 Å². The Morgan fingerprint density at radius 2 is 1.66 bits per heavy atom. The number of fused-ring (bicyclic) bond motifs is 1. The van der Waals surface area contributed by atoms with Crippen molar-refractivity contribution in [2.24, 2.45) is 5.73 Å². The maximum Gasteiger partial charge on any atom is 0.335 e. The number of nitrogens with two attached hydrogens (primary N) is 1. The summed E-state index contributed by atoms with van der Waals surface area (Å²) in [4.78, 5) is 59.5. The van der Waals surface area contributed by atoms with E-state index in [1.165, 1.54) is 29.2 Å². The first-order valence-corrected chi connectivity index (χ1v) is 18.4. The van der Waals surface area contributed by atoms with Crippen molar-refractivity contribution >= 4 is 57.9 Å². The first kappa shape index (κ1) is 33.6. The van der Waals surface area contributed by atoms with Crippen LogP contribution in [0, 0.1) is 0 Å². The monoisotopic (exact) mass is 662 g/mol. The molecule has 3 aromatic rings. The molecular weight excluding hydrogens is 627 g/mol. The van der Waals surface area contributed by atoms with E-state index in [-0.39, 0.29) is 30.0 Å². The molecular formula is C29H35N4O8PS2. The fourth-order valence-corrected chi connectivity index (χ4v) is 8.21. The second-order valence-corrected chi connectivity index (χ2v) is 15.4. The number of benzene rings is 3. The molecule has 1 aliphatic rings. The molecule has 3 atom stereocenters. The Morgan fingerprint density at radius 3 is 2.34 bits per heavy atom. The van der Waals surface area contributed by atoms with Crippen LogP contribution in [0.1, 0.15) is 24.8 Å². The number of thioether (sulfide) groups is 1. The Hall–Kier alpha value is -3.26. The van der Waals surface area contributed by atoms with Gasteiger partial charge in [-0.2, -0.15) is 4.72 Å². The molecule has 1 heterocycles. The smallest absolute Gasteiger partial charge is 0.335 e. The highest BCUT2D eigenvalue weighted by Gasteiger charge is 2.38. The summed E-state index contributed by atoms with van der Waals surface area (Å²) in [5.74, 6) is -2.35. The van der Waals surface area contributed by atoms with Gasteiger partial charge in [-0.05, 0) is 47.7 Å². The van der Waals surface area contributed by atoms with Crippen LogP contribution in [0.5, 0.6) is 0 Å². The molecule has 0 aliphatic carbocycles. The molecule has 4 rings (SSSR count). The predicted molar refractivity (Wildman–Crippen MR) is 168 cm³/mol. The number of hydrogen-bond acceptors (Lipinski definition) is 7. The van der Waals surface area contributed by atoms with Crippen molar-refractivity contribution in [2.75, 3.05) is 17.8 Å². The standard InChI is InChI=1S/C29H35N4O8PS2/c30-27(34)24(17-20-13-14-21-8-4-5-9-22(21)16-20)31-28(35)26-12-6-7-15-33(26)29(36)25(18-43-19-42(37,38)39)32-44(40,41)23-10-2-1-3-11-23/h1-5,8-11,13-14,16,24-26,32H,6-7,12,15,17-19H2,(H2,30,34)(H,31,35)(H2,37,38,39)/t24-,25-,26-/m0/s1. The van der Waals surface area contributed by atoms with E-state index in [9.17, 15) is 37.2 Å². The summed E-state index contributed by atoms with van der Waals surface area (Å²) in [6.07, 6.45) is 1.57. The molecule has 3 aromatic carbocycles. The van der Waals surface area contributed by atoms with Crippen molar-refractivity contribution in [3.05, 3.63) is 78.4 Å². The number of nitrogens with zero attached hydrogens (tertiary/aromatic N) is 1. The normalized spacial score (nSPS) is 17.1. The third-order valence-electron chi connectivity index (χ3n) is 7.20. The number of rotatable bonds is 13. The SMILES string of the molecule is NC(=O)[C@H](Cc1ccc2ccccc2c1)NC(=O)[C@@H]1CCCCN1C(=O)[C@H](CSCP(=O)(O)O)NS(=O)(=O)c1ccccc1. The van der Waals surface area contributed by atoms with E-state index in [4.69, 9.17) is 5.73 Å². The van der Waals surface area contributed by atoms with Crippen LogP contribution in [0.4, 0.5) is 0 Å². The lowest BCUT2D eigenvalue weighted by molar-refractivity contribution is -0.143. The summed E-state index contributed by atoms with van der Waals surface area (Å²) in [7, 11) is -8.63. The summed E-state index contributed by atoms with van der Waals surface area (Å²) in [6.45, 7) is 0.148. The molecule has 0 spiro atoms. The van der Waals surface area contributed by atoms with Gasteiger partial charge in [0.05, 0.1) is 10.4 Å². The summed E-state index contributed by atoms with van der Waals surface area (Å²) >= 11 is 0.723. The van der Waals surface area contributed by atoms with E-state index in [0.717, 1.165) is 28.1 Å².